The Labute approximate surface area is 139 Å². The topological polar surface area (TPSA) is 55.4 Å². The zero-order chi connectivity index (χ0) is 16.8. The molecule has 1 amide bonds. The second kappa shape index (κ2) is 7.74. The second-order valence-electron chi connectivity index (χ2n) is 5.28. The number of rotatable bonds is 5. The molecular formula is C18H19NO3S. The highest BCUT2D eigenvalue weighted by molar-refractivity contribution is 7.08. The van der Waals surface area contributed by atoms with Crippen LogP contribution in [0.15, 0.2) is 41.1 Å². The largest absolute Gasteiger partial charge is 0.449 e. The van der Waals surface area contributed by atoms with E-state index < -0.39 is 12.1 Å². The first-order chi connectivity index (χ1) is 11.0. The van der Waals surface area contributed by atoms with Gasteiger partial charge in [0.15, 0.2) is 6.10 Å². The third-order valence-electron chi connectivity index (χ3n) is 3.26. The third-order valence-corrected chi connectivity index (χ3v) is 3.96. The summed E-state index contributed by atoms with van der Waals surface area (Å²) < 4.78 is 5.11. The number of amides is 1. The normalized spacial score (nSPS) is 12.1. The fraction of sp³-hybridized carbons (Fsp3) is 0.222. The van der Waals surface area contributed by atoms with E-state index in [4.69, 9.17) is 4.74 Å². The molecule has 0 aliphatic rings. The highest BCUT2D eigenvalue weighted by atomic mass is 32.1. The molecule has 0 aliphatic heterocycles. The summed E-state index contributed by atoms with van der Waals surface area (Å²) in [6.45, 7) is 5.46. The molecule has 0 saturated heterocycles. The van der Waals surface area contributed by atoms with Crippen LogP contribution in [0.4, 0.5) is 5.69 Å². The summed E-state index contributed by atoms with van der Waals surface area (Å²) in [5, 5.41) is 6.61. The van der Waals surface area contributed by atoms with Gasteiger partial charge in [0.2, 0.25) is 0 Å². The van der Waals surface area contributed by atoms with Gasteiger partial charge < -0.3 is 10.1 Å². The van der Waals surface area contributed by atoms with Gasteiger partial charge in [0.05, 0.1) is 0 Å². The molecule has 120 valence electrons. The lowest BCUT2D eigenvalue weighted by molar-refractivity contribution is -0.148. The first-order valence-corrected chi connectivity index (χ1v) is 8.19. The Kier molecular flexibility index (Phi) is 5.71. The van der Waals surface area contributed by atoms with E-state index in [9.17, 15) is 9.59 Å². The Bertz CT molecular complexity index is 720. The highest BCUT2D eigenvalue weighted by Gasteiger charge is 2.17. The minimum atomic E-state index is -0.865. The minimum Gasteiger partial charge on any atom is -0.449 e. The number of thiophene rings is 1. The molecule has 0 fully saturated rings. The predicted molar refractivity (Wildman–Crippen MR) is 93.5 cm³/mol. The Morgan fingerprint density at radius 2 is 2.04 bits per heavy atom. The van der Waals surface area contributed by atoms with Crippen LogP contribution in [0.2, 0.25) is 0 Å². The maximum Gasteiger partial charge on any atom is 0.331 e. The fourth-order valence-electron chi connectivity index (χ4n) is 1.99. The molecule has 4 nitrogen and oxygen atoms in total. The number of hydrogen-bond acceptors (Lipinski definition) is 4. The molecule has 1 aromatic carbocycles. The molecule has 1 N–H and O–H groups in total. The molecule has 0 spiro atoms. The van der Waals surface area contributed by atoms with Crippen molar-refractivity contribution in [3.63, 3.8) is 0 Å². The molecule has 2 rings (SSSR count). The van der Waals surface area contributed by atoms with Crippen LogP contribution in [0.3, 0.4) is 0 Å². The lowest BCUT2D eigenvalue weighted by Crippen LogP contribution is -2.29. The number of anilines is 1. The molecule has 5 heteroatoms. The van der Waals surface area contributed by atoms with Crippen molar-refractivity contribution in [2.75, 3.05) is 5.32 Å². The first kappa shape index (κ1) is 17.0. The standard InChI is InChI=1S/C18H19NO3S/c1-12-4-6-16(13(2)10-12)19-18(21)14(3)22-17(20)7-5-15-8-9-23-11-15/h4-11,14H,1-3H3,(H,19,21)/b7-5+/t14-/m0/s1. The van der Waals surface area contributed by atoms with E-state index in [1.165, 1.54) is 6.08 Å². The summed E-state index contributed by atoms with van der Waals surface area (Å²) in [5.41, 5.74) is 3.74. The average Bonchev–Trinajstić information content (AvgIpc) is 3.01. The van der Waals surface area contributed by atoms with Gasteiger partial charge >= 0.3 is 5.97 Å². The SMILES string of the molecule is Cc1ccc(NC(=O)[C@H](C)OC(=O)/C=C/c2ccsc2)c(C)c1. The van der Waals surface area contributed by atoms with E-state index >= 15 is 0 Å². The predicted octanol–water partition coefficient (Wildman–Crippen LogP) is 3.95. The lowest BCUT2D eigenvalue weighted by Gasteiger charge is -2.14. The van der Waals surface area contributed by atoms with Crippen LogP contribution in [-0.2, 0) is 14.3 Å². The molecule has 1 heterocycles. The monoisotopic (exact) mass is 329 g/mol. The Morgan fingerprint density at radius 3 is 2.70 bits per heavy atom. The van der Waals surface area contributed by atoms with Gasteiger partial charge in [-0.25, -0.2) is 4.79 Å². The van der Waals surface area contributed by atoms with Crippen molar-refractivity contribution in [3.8, 4) is 0 Å². The van der Waals surface area contributed by atoms with Crippen LogP contribution in [0.5, 0.6) is 0 Å². The van der Waals surface area contributed by atoms with Crippen molar-refractivity contribution in [2.24, 2.45) is 0 Å². The minimum absolute atomic E-state index is 0.353. The van der Waals surface area contributed by atoms with Gasteiger partial charge in [-0.2, -0.15) is 11.3 Å². The number of ether oxygens (including phenoxy) is 1. The maximum absolute atomic E-state index is 12.1. The summed E-state index contributed by atoms with van der Waals surface area (Å²) >= 11 is 1.55. The van der Waals surface area contributed by atoms with E-state index in [1.54, 1.807) is 24.3 Å². The Balaban J connectivity index is 1.90. The highest BCUT2D eigenvalue weighted by Crippen LogP contribution is 2.16. The average molecular weight is 329 g/mol. The van der Waals surface area contributed by atoms with Crippen LogP contribution in [0.25, 0.3) is 6.08 Å². The Morgan fingerprint density at radius 1 is 1.26 bits per heavy atom. The van der Waals surface area contributed by atoms with Gasteiger partial charge in [0.25, 0.3) is 5.91 Å². The molecule has 23 heavy (non-hydrogen) atoms. The van der Waals surface area contributed by atoms with Crippen LogP contribution < -0.4 is 5.32 Å². The van der Waals surface area contributed by atoms with Crippen molar-refractivity contribution in [1.29, 1.82) is 0 Å². The van der Waals surface area contributed by atoms with Crippen molar-refractivity contribution < 1.29 is 14.3 Å². The van der Waals surface area contributed by atoms with Crippen LogP contribution in [0.1, 0.15) is 23.6 Å². The summed E-state index contributed by atoms with van der Waals surface area (Å²) in [5.74, 6) is -0.895. The molecule has 0 bridgehead atoms. The fourth-order valence-corrected chi connectivity index (χ4v) is 2.62. The summed E-state index contributed by atoms with van der Waals surface area (Å²) in [6.07, 6.45) is 2.12. The first-order valence-electron chi connectivity index (χ1n) is 7.24. The van der Waals surface area contributed by atoms with Gasteiger partial charge in [-0.1, -0.05) is 17.7 Å². The summed E-state index contributed by atoms with van der Waals surface area (Å²) in [7, 11) is 0. The number of aryl methyl sites for hydroxylation is 2. The molecule has 0 radical (unpaired) electrons. The molecule has 1 atom stereocenters. The van der Waals surface area contributed by atoms with E-state index in [0.717, 1.165) is 22.4 Å². The number of esters is 1. The Hall–Kier alpha value is -2.40. The third kappa shape index (κ3) is 5.07. The molecule has 2 aromatic rings. The molecule has 1 aromatic heterocycles. The summed E-state index contributed by atoms with van der Waals surface area (Å²) in [6, 6.07) is 7.64. The van der Waals surface area contributed by atoms with Crippen LogP contribution >= 0.6 is 11.3 Å². The number of carbonyl (C=O) groups excluding carboxylic acids is 2. The van der Waals surface area contributed by atoms with E-state index in [1.807, 2.05) is 48.9 Å². The summed E-state index contributed by atoms with van der Waals surface area (Å²) in [4.78, 5) is 23.8. The smallest absolute Gasteiger partial charge is 0.331 e. The lowest BCUT2D eigenvalue weighted by atomic mass is 10.1. The van der Waals surface area contributed by atoms with Crippen LogP contribution in [-0.4, -0.2) is 18.0 Å². The zero-order valence-electron chi connectivity index (χ0n) is 13.3. The van der Waals surface area contributed by atoms with Crippen LogP contribution in [0, 0.1) is 13.8 Å². The van der Waals surface area contributed by atoms with Gasteiger partial charge in [-0.15, -0.1) is 0 Å². The van der Waals surface area contributed by atoms with Gasteiger partial charge in [0, 0.05) is 11.8 Å². The molecule has 0 unspecified atom stereocenters. The van der Waals surface area contributed by atoms with Gasteiger partial charge in [0.1, 0.15) is 0 Å². The maximum atomic E-state index is 12.1. The van der Waals surface area contributed by atoms with Crippen molar-refractivity contribution in [2.45, 2.75) is 26.9 Å². The molecule has 0 aliphatic carbocycles. The quantitative estimate of drug-likeness (QED) is 0.667. The van der Waals surface area contributed by atoms with Crippen molar-refractivity contribution in [3.05, 3.63) is 57.8 Å². The molecular weight excluding hydrogens is 310 g/mol. The number of nitrogens with one attached hydrogen (secondary N) is 1. The molecule has 0 saturated carbocycles. The van der Waals surface area contributed by atoms with Gasteiger partial charge in [-0.3, -0.25) is 4.79 Å². The zero-order valence-corrected chi connectivity index (χ0v) is 14.1. The van der Waals surface area contributed by atoms with E-state index in [-0.39, 0.29) is 5.91 Å². The van der Waals surface area contributed by atoms with E-state index in [2.05, 4.69) is 5.32 Å². The van der Waals surface area contributed by atoms with Crippen molar-refractivity contribution >= 4 is 35.0 Å². The van der Waals surface area contributed by atoms with E-state index in [0.29, 0.717) is 0 Å². The second-order valence-corrected chi connectivity index (χ2v) is 6.06. The van der Waals surface area contributed by atoms with Crippen molar-refractivity contribution in [1.82, 2.24) is 0 Å². The number of benzene rings is 1. The van der Waals surface area contributed by atoms with Gasteiger partial charge in [-0.05, 0) is 60.9 Å². The number of carbonyl (C=O) groups is 2. The number of hydrogen-bond donors (Lipinski definition) is 1.